The van der Waals surface area contributed by atoms with E-state index in [0.29, 0.717) is 0 Å². The van der Waals surface area contributed by atoms with Gasteiger partial charge in [0.05, 0.1) is 0 Å². The second-order valence-corrected chi connectivity index (χ2v) is 1.30. The highest BCUT2D eigenvalue weighted by atomic mass is 127. The van der Waals surface area contributed by atoms with Crippen LogP contribution in [0.4, 0.5) is 0 Å². The van der Waals surface area contributed by atoms with Crippen LogP contribution in [0.1, 0.15) is 5.82 Å². The monoisotopic (exact) mass is 236 g/mol. The Labute approximate surface area is 68.9 Å². The molecule has 0 radical (unpaired) electrons. The summed E-state index contributed by atoms with van der Waals surface area (Å²) in [7, 11) is 0. The Bertz CT molecular complexity index is 141. The molecule has 1 rings (SSSR count). The first kappa shape index (κ1) is 8.81. The van der Waals surface area contributed by atoms with Crippen molar-refractivity contribution in [2.24, 2.45) is 0 Å². The molecule has 1 aromatic rings. The molecule has 0 unspecified atom stereocenters. The lowest BCUT2D eigenvalue weighted by molar-refractivity contribution is 1.05. The average Bonchev–Trinajstić information content (AvgIpc) is 1.94. The van der Waals surface area contributed by atoms with E-state index in [9.17, 15) is 0 Å². The van der Waals surface area contributed by atoms with Gasteiger partial charge in [0.2, 0.25) is 0 Å². The minimum absolute atomic E-state index is 0.822. The van der Waals surface area contributed by atoms with Crippen LogP contribution in [-0.2, 0) is 0 Å². The van der Waals surface area contributed by atoms with E-state index in [1.165, 1.54) is 0 Å². The first-order valence-electron chi connectivity index (χ1n) is 2.51. The van der Waals surface area contributed by atoms with Gasteiger partial charge in [0.1, 0.15) is 5.82 Å². The van der Waals surface area contributed by atoms with Gasteiger partial charge in [-0.3, -0.25) is 0 Å². The Balaban J connectivity index is 0.000000291. The SMILES string of the molecule is CI.Cc1ncccn1. The molecule has 0 aliphatic carbocycles. The van der Waals surface area contributed by atoms with Gasteiger partial charge in [-0.1, -0.05) is 22.6 Å². The van der Waals surface area contributed by atoms with Crippen molar-refractivity contribution < 1.29 is 0 Å². The number of rotatable bonds is 0. The van der Waals surface area contributed by atoms with Gasteiger partial charge in [0.15, 0.2) is 0 Å². The molecular weight excluding hydrogens is 227 g/mol. The van der Waals surface area contributed by atoms with Gasteiger partial charge >= 0.3 is 0 Å². The Morgan fingerprint density at radius 3 is 1.89 bits per heavy atom. The van der Waals surface area contributed by atoms with Crippen molar-refractivity contribution >= 4 is 22.6 Å². The lowest BCUT2D eigenvalue weighted by Gasteiger charge is -1.81. The number of aryl methyl sites for hydroxylation is 1. The molecule has 0 N–H and O–H groups in total. The van der Waals surface area contributed by atoms with Gasteiger partial charge in [0.25, 0.3) is 0 Å². The zero-order valence-electron chi connectivity index (χ0n) is 5.50. The molecule has 1 heterocycles. The number of aromatic nitrogens is 2. The molecule has 0 aliphatic rings. The number of hydrogen-bond acceptors (Lipinski definition) is 2. The zero-order valence-corrected chi connectivity index (χ0v) is 7.66. The minimum Gasteiger partial charge on any atom is -0.242 e. The highest BCUT2D eigenvalue weighted by Gasteiger charge is 1.74. The maximum Gasteiger partial charge on any atom is 0.125 e. The standard InChI is InChI=1S/C5H6N2.CH3I/c1-5-6-3-2-4-7-5;1-2/h2-4H,1H3;1H3. The molecule has 0 saturated heterocycles. The summed E-state index contributed by atoms with van der Waals surface area (Å²) in [6.45, 7) is 1.86. The van der Waals surface area contributed by atoms with Crippen molar-refractivity contribution in [1.82, 2.24) is 9.97 Å². The van der Waals surface area contributed by atoms with E-state index >= 15 is 0 Å². The van der Waals surface area contributed by atoms with Crippen LogP contribution in [-0.4, -0.2) is 14.9 Å². The van der Waals surface area contributed by atoms with Crippen molar-refractivity contribution in [2.75, 3.05) is 4.93 Å². The van der Waals surface area contributed by atoms with Gasteiger partial charge in [0, 0.05) is 12.4 Å². The third-order valence-corrected chi connectivity index (χ3v) is 0.695. The van der Waals surface area contributed by atoms with E-state index in [-0.39, 0.29) is 0 Å². The van der Waals surface area contributed by atoms with Crippen molar-refractivity contribution in [3.8, 4) is 0 Å². The predicted molar refractivity (Wildman–Crippen MR) is 46.7 cm³/mol. The fraction of sp³-hybridized carbons (Fsp3) is 0.333. The molecule has 0 spiro atoms. The van der Waals surface area contributed by atoms with Gasteiger partial charge in [-0.15, -0.1) is 0 Å². The molecule has 3 heteroatoms. The normalized spacial score (nSPS) is 7.44. The van der Waals surface area contributed by atoms with E-state index in [2.05, 4.69) is 32.6 Å². The molecule has 2 nitrogen and oxygen atoms in total. The highest BCUT2D eigenvalue weighted by Crippen LogP contribution is 1.78. The van der Waals surface area contributed by atoms with E-state index in [1.807, 2.05) is 11.9 Å². The summed E-state index contributed by atoms with van der Waals surface area (Å²) in [6.07, 6.45) is 3.45. The molecule has 0 saturated carbocycles. The summed E-state index contributed by atoms with van der Waals surface area (Å²) < 4.78 is 0. The molecule has 0 aromatic carbocycles. The molecule has 0 amide bonds. The maximum absolute atomic E-state index is 3.87. The van der Waals surface area contributed by atoms with Gasteiger partial charge in [-0.2, -0.15) is 0 Å². The van der Waals surface area contributed by atoms with Crippen LogP contribution in [0.2, 0.25) is 0 Å². The Kier molecular flexibility index (Phi) is 5.81. The van der Waals surface area contributed by atoms with Crippen molar-refractivity contribution in [2.45, 2.75) is 6.92 Å². The smallest absolute Gasteiger partial charge is 0.125 e. The molecular formula is C6H9IN2. The largest absolute Gasteiger partial charge is 0.242 e. The third-order valence-electron chi connectivity index (χ3n) is 0.695. The Morgan fingerprint density at radius 2 is 1.67 bits per heavy atom. The molecule has 9 heavy (non-hydrogen) atoms. The Hall–Kier alpha value is -0.190. The number of hydrogen-bond donors (Lipinski definition) is 0. The minimum atomic E-state index is 0.822. The first-order chi connectivity index (χ1) is 4.39. The molecule has 50 valence electrons. The molecule has 0 bridgehead atoms. The van der Waals surface area contributed by atoms with E-state index in [1.54, 1.807) is 18.5 Å². The molecule has 1 aromatic heterocycles. The van der Waals surface area contributed by atoms with Crippen LogP contribution in [0, 0.1) is 6.92 Å². The summed E-state index contributed by atoms with van der Waals surface area (Å²) in [5.41, 5.74) is 0. The van der Waals surface area contributed by atoms with E-state index in [0.717, 1.165) is 5.82 Å². The van der Waals surface area contributed by atoms with Gasteiger partial charge in [-0.25, -0.2) is 9.97 Å². The third kappa shape index (κ3) is 4.32. The van der Waals surface area contributed by atoms with Crippen LogP contribution < -0.4 is 0 Å². The molecule has 0 fully saturated rings. The van der Waals surface area contributed by atoms with Gasteiger partial charge in [-0.05, 0) is 17.9 Å². The topological polar surface area (TPSA) is 25.8 Å². The summed E-state index contributed by atoms with van der Waals surface area (Å²) in [4.78, 5) is 9.71. The number of alkyl halides is 1. The summed E-state index contributed by atoms with van der Waals surface area (Å²) in [6, 6.07) is 1.80. The summed E-state index contributed by atoms with van der Waals surface area (Å²) >= 11 is 2.15. The van der Waals surface area contributed by atoms with E-state index in [4.69, 9.17) is 0 Å². The van der Waals surface area contributed by atoms with Crippen LogP contribution >= 0.6 is 22.6 Å². The van der Waals surface area contributed by atoms with Gasteiger partial charge < -0.3 is 0 Å². The van der Waals surface area contributed by atoms with Crippen molar-refractivity contribution in [3.05, 3.63) is 24.3 Å². The second kappa shape index (κ2) is 5.94. The van der Waals surface area contributed by atoms with Crippen molar-refractivity contribution in [1.29, 1.82) is 0 Å². The highest BCUT2D eigenvalue weighted by molar-refractivity contribution is 14.1. The zero-order chi connectivity index (χ0) is 7.11. The van der Waals surface area contributed by atoms with Crippen LogP contribution in [0.5, 0.6) is 0 Å². The lowest BCUT2D eigenvalue weighted by atomic mass is 10.6. The fourth-order valence-corrected chi connectivity index (χ4v) is 0.374. The van der Waals surface area contributed by atoms with E-state index < -0.39 is 0 Å². The molecule has 0 aliphatic heterocycles. The summed E-state index contributed by atoms with van der Waals surface area (Å²) in [5, 5.41) is 0. The second-order valence-electron chi connectivity index (χ2n) is 1.30. The number of nitrogens with zero attached hydrogens (tertiary/aromatic N) is 2. The lowest BCUT2D eigenvalue weighted by Crippen LogP contribution is -1.80. The quantitative estimate of drug-likeness (QED) is 0.507. The van der Waals surface area contributed by atoms with Crippen molar-refractivity contribution in [3.63, 3.8) is 0 Å². The maximum atomic E-state index is 3.87. The fourth-order valence-electron chi connectivity index (χ4n) is 0.374. The predicted octanol–water partition coefficient (Wildman–Crippen LogP) is 1.84. The number of halogens is 1. The van der Waals surface area contributed by atoms with Crippen LogP contribution in [0.25, 0.3) is 0 Å². The first-order valence-corrected chi connectivity index (χ1v) is 4.67. The average molecular weight is 236 g/mol. The Morgan fingerprint density at radius 1 is 1.22 bits per heavy atom. The summed E-state index contributed by atoms with van der Waals surface area (Å²) in [5.74, 6) is 0.822. The van der Waals surface area contributed by atoms with Crippen LogP contribution in [0.3, 0.4) is 0 Å². The van der Waals surface area contributed by atoms with Crippen LogP contribution in [0.15, 0.2) is 18.5 Å². The molecule has 0 atom stereocenters.